The first-order chi connectivity index (χ1) is 10.1. The molecule has 1 aromatic carbocycles. The lowest BCUT2D eigenvalue weighted by atomic mass is 9.97. The van der Waals surface area contributed by atoms with Crippen LogP contribution in [0.25, 0.3) is 10.9 Å². The van der Waals surface area contributed by atoms with Crippen LogP contribution in [0.4, 0.5) is 10.1 Å². The van der Waals surface area contributed by atoms with Crippen molar-refractivity contribution >= 4 is 22.6 Å². The van der Waals surface area contributed by atoms with Crippen LogP contribution in [0, 0.1) is 18.7 Å². The van der Waals surface area contributed by atoms with Gasteiger partial charge in [0.05, 0.1) is 5.92 Å². The molecule has 1 unspecified atom stereocenters. The van der Waals surface area contributed by atoms with Gasteiger partial charge in [-0.2, -0.15) is 0 Å². The topological polar surface area (TPSA) is 53.4 Å². The Balaban J connectivity index is 2.07. The Labute approximate surface area is 122 Å². The molecular formula is C16H17FN2O2. The van der Waals surface area contributed by atoms with Crippen LogP contribution in [0.1, 0.15) is 18.5 Å². The maximum absolute atomic E-state index is 13.9. The van der Waals surface area contributed by atoms with Crippen molar-refractivity contribution in [3.8, 4) is 0 Å². The van der Waals surface area contributed by atoms with E-state index in [0.29, 0.717) is 18.5 Å². The van der Waals surface area contributed by atoms with E-state index >= 15 is 0 Å². The number of aliphatic carboxylic acids is 1. The van der Waals surface area contributed by atoms with E-state index in [9.17, 15) is 14.3 Å². The third-order valence-electron chi connectivity index (χ3n) is 4.01. The Morgan fingerprint density at radius 2 is 2.29 bits per heavy atom. The molecule has 0 radical (unpaired) electrons. The average Bonchev–Trinajstić information content (AvgIpc) is 2.47. The minimum atomic E-state index is -0.763. The van der Waals surface area contributed by atoms with Crippen LogP contribution >= 0.6 is 0 Å². The van der Waals surface area contributed by atoms with Crippen molar-refractivity contribution < 1.29 is 14.3 Å². The molecule has 1 fully saturated rings. The van der Waals surface area contributed by atoms with Gasteiger partial charge in [-0.25, -0.2) is 9.37 Å². The number of rotatable bonds is 2. The van der Waals surface area contributed by atoms with Gasteiger partial charge in [0, 0.05) is 29.9 Å². The number of para-hydroxylation sites is 1. The van der Waals surface area contributed by atoms with Gasteiger partial charge < -0.3 is 10.0 Å². The van der Waals surface area contributed by atoms with Crippen molar-refractivity contribution in [2.75, 3.05) is 18.0 Å². The Bertz CT molecular complexity index is 702. The first-order valence-electron chi connectivity index (χ1n) is 7.10. The summed E-state index contributed by atoms with van der Waals surface area (Å²) < 4.78 is 13.9. The van der Waals surface area contributed by atoms with Crippen molar-refractivity contribution in [3.63, 3.8) is 0 Å². The molecule has 21 heavy (non-hydrogen) atoms. The van der Waals surface area contributed by atoms with E-state index in [1.54, 1.807) is 6.07 Å². The zero-order valence-corrected chi connectivity index (χ0v) is 11.8. The monoisotopic (exact) mass is 288 g/mol. The summed E-state index contributed by atoms with van der Waals surface area (Å²) >= 11 is 0. The van der Waals surface area contributed by atoms with Gasteiger partial charge in [0.1, 0.15) is 11.3 Å². The van der Waals surface area contributed by atoms with Crippen LogP contribution in [0.5, 0.6) is 0 Å². The number of hydrogen-bond acceptors (Lipinski definition) is 3. The highest BCUT2D eigenvalue weighted by Crippen LogP contribution is 2.31. The van der Waals surface area contributed by atoms with Gasteiger partial charge in [-0.15, -0.1) is 0 Å². The summed E-state index contributed by atoms with van der Waals surface area (Å²) in [4.78, 5) is 17.5. The Hall–Kier alpha value is -2.17. The van der Waals surface area contributed by atoms with E-state index < -0.39 is 5.97 Å². The van der Waals surface area contributed by atoms with E-state index in [0.717, 1.165) is 29.7 Å². The number of piperidine rings is 1. The molecule has 1 aromatic heterocycles. The van der Waals surface area contributed by atoms with Crippen LogP contribution in [-0.2, 0) is 4.79 Å². The Kier molecular flexibility index (Phi) is 3.49. The molecule has 3 rings (SSSR count). The number of carbonyl (C=O) groups is 1. The minimum absolute atomic E-state index is 0.343. The van der Waals surface area contributed by atoms with E-state index in [1.807, 2.05) is 24.0 Å². The number of carboxylic acids is 1. The van der Waals surface area contributed by atoms with Crippen LogP contribution in [0.3, 0.4) is 0 Å². The summed E-state index contributed by atoms with van der Waals surface area (Å²) in [6, 6.07) is 6.81. The Morgan fingerprint density at radius 3 is 3.05 bits per heavy atom. The molecule has 4 nitrogen and oxygen atoms in total. The molecule has 0 aliphatic carbocycles. The molecular weight excluding hydrogens is 271 g/mol. The van der Waals surface area contributed by atoms with Crippen molar-refractivity contribution in [1.82, 2.24) is 4.98 Å². The van der Waals surface area contributed by atoms with E-state index in [-0.39, 0.29) is 11.7 Å². The average molecular weight is 288 g/mol. The SMILES string of the molecule is Cc1cc(N2CCCC(C(=O)O)C2)c2cccc(F)c2n1. The van der Waals surface area contributed by atoms with E-state index in [2.05, 4.69) is 4.98 Å². The minimum Gasteiger partial charge on any atom is -0.481 e. The smallest absolute Gasteiger partial charge is 0.308 e. The number of halogens is 1. The molecule has 1 atom stereocenters. The van der Waals surface area contributed by atoms with Crippen LogP contribution in [0.15, 0.2) is 24.3 Å². The van der Waals surface area contributed by atoms with Gasteiger partial charge in [0.15, 0.2) is 0 Å². The molecule has 2 heterocycles. The predicted molar refractivity (Wildman–Crippen MR) is 79.0 cm³/mol. The quantitative estimate of drug-likeness (QED) is 0.923. The number of aromatic nitrogens is 1. The molecule has 1 aliphatic rings. The number of carboxylic acid groups (broad SMARTS) is 1. The molecule has 0 saturated carbocycles. The molecule has 1 aliphatic heterocycles. The highest BCUT2D eigenvalue weighted by molar-refractivity contribution is 5.92. The highest BCUT2D eigenvalue weighted by atomic mass is 19.1. The summed E-state index contributed by atoms with van der Waals surface area (Å²) in [5, 5.41) is 9.96. The van der Waals surface area contributed by atoms with Crippen molar-refractivity contribution in [2.24, 2.45) is 5.92 Å². The highest BCUT2D eigenvalue weighted by Gasteiger charge is 2.26. The molecule has 5 heteroatoms. The van der Waals surface area contributed by atoms with Crippen molar-refractivity contribution in [3.05, 3.63) is 35.8 Å². The maximum atomic E-state index is 13.9. The number of hydrogen-bond donors (Lipinski definition) is 1. The van der Waals surface area contributed by atoms with Crippen molar-refractivity contribution in [2.45, 2.75) is 19.8 Å². The summed E-state index contributed by atoms with van der Waals surface area (Å²) in [7, 11) is 0. The van der Waals surface area contributed by atoms with Gasteiger partial charge >= 0.3 is 5.97 Å². The van der Waals surface area contributed by atoms with Gasteiger partial charge in [-0.1, -0.05) is 12.1 Å². The number of fused-ring (bicyclic) bond motifs is 1. The van der Waals surface area contributed by atoms with Gasteiger partial charge in [-0.3, -0.25) is 4.79 Å². The zero-order valence-electron chi connectivity index (χ0n) is 11.8. The summed E-state index contributed by atoms with van der Waals surface area (Å²) in [5.74, 6) is -1.47. The second-order valence-corrected chi connectivity index (χ2v) is 5.54. The van der Waals surface area contributed by atoms with Crippen LogP contribution in [-0.4, -0.2) is 29.1 Å². The first-order valence-corrected chi connectivity index (χ1v) is 7.10. The second kappa shape index (κ2) is 5.31. The molecule has 2 aromatic rings. The molecule has 0 spiro atoms. The third kappa shape index (κ3) is 2.55. The normalized spacial score (nSPS) is 19.0. The summed E-state index contributed by atoms with van der Waals surface area (Å²) in [5.41, 5.74) is 1.97. The summed E-state index contributed by atoms with van der Waals surface area (Å²) in [6.07, 6.45) is 1.53. The zero-order chi connectivity index (χ0) is 15.0. The molecule has 0 amide bonds. The second-order valence-electron chi connectivity index (χ2n) is 5.54. The first kappa shape index (κ1) is 13.8. The van der Waals surface area contributed by atoms with Crippen LogP contribution in [0.2, 0.25) is 0 Å². The number of benzene rings is 1. The number of aryl methyl sites for hydroxylation is 1. The van der Waals surface area contributed by atoms with Gasteiger partial charge in [0.2, 0.25) is 0 Å². The number of anilines is 1. The lowest BCUT2D eigenvalue weighted by Crippen LogP contribution is -2.38. The van der Waals surface area contributed by atoms with E-state index in [1.165, 1.54) is 6.07 Å². The third-order valence-corrected chi connectivity index (χ3v) is 4.01. The maximum Gasteiger partial charge on any atom is 0.308 e. The number of nitrogens with zero attached hydrogens (tertiary/aromatic N) is 2. The predicted octanol–water partition coefficient (Wildman–Crippen LogP) is 2.98. The molecule has 1 N–H and O–H groups in total. The largest absolute Gasteiger partial charge is 0.481 e. The summed E-state index contributed by atoms with van der Waals surface area (Å²) in [6.45, 7) is 3.08. The molecule has 1 saturated heterocycles. The van der Waals surface area contributed by atoms with Crippen LogP contribution < -0.4 is 4.90 Å². The molecule has 110 valence electrons. The van der Waals surface area contributed by atoms with Gasteiger partial charge in [-0.05, 0) is 31.9 Å². The van der Waals surface area contributed by atoms with Gasteiger partial charge in [0.25, 0.3) is 0 Å². The lowest BCUT2D eigenvalue weighted by molar-refractivity contribution is -0.141. The number of pyridine rings is 1. The standard InChI is InChI=1S/C16H17FN2O2/c1-10-8-14(12-5-2-6-13(17)15(12)18-10)19-7-3-4-11(9-19)16(20)21/h2,5-6,8,11H,3-4,7,9H2,1H3,(H,20,21). The fraction of sp³-hybridized carbons (Fsp3) is 0.375. The fourth-order valence-electron chi connectivity index (χ4n) is 2.98. The fourth-order valence-corrected chi connectivity index (χ4v) is 2.98. The van der Waals surface area contributed by atoms with Crippen molar-refractivity contribution in [1.29, 1.82) is 0 Å². The lowest BCUT2D eigenvalue weighted by Gasteiger charge is -2.33. The van der Waals surface area contributed by atoms with E-state index in [4.69, 9.17) is 0 Å². The Morgan fingerprint density at radius 1 is 1.48 bits per heavy atom. The molecule has 0 bridgehead atoms.